The Labute approximate surface area is 126 Å². The minimum Gasteiger partial charge on any atom is -0.447 e. The molecular weight excluding hydrogens is 292 g/mol. The van der Waals surface area contributed by atoms with E-state index in [9.17, 15) is 8.42 Å². The fourth-order valence-corrected chi connectivity index (χ4v) is 3.05. The van der Waals surface area contributed by atoms with Gasteiger partial charge in [-0.25, -0.2) is 13.1 Å². The molecule has 0 amide bonds. The van der Waals surface area contributed by atoms with Crippen LogP contribution >= 0.6 is 0 Å². The molecule has 2 N–H and O–H groups in total. The van der Waals surface area contributed by atoms with Crippen molar-refractivity contribution in [2.24, 2.45) is 0 Å². The van der Waals surface area contributed by atoms with Gasteiger partial charge in [0, 0.05) is 32.2 Å². The molecule has 1 aromatic heterocycles. The normalized spacial score (nSPS) is 21.8. The summed E-state index contributed by atoms with van der Waals surface area (Å²) in [6.45, 7) is 4.55. The first-order valence-corrected chi connectivity index (χ1v) is 8.52. The molecule has 0 bridgehead atoms. The van der Waals surface area contributed by atoms with Crippen molar-refractivity contribution in [3.05, 3.63) is 17.9 Å². The predicted molar refractivity (Wildman–Crippen MR) is 80.6 cm³/mol. The van der Waals surface area contributed by atoms with E-state index in [2.05, 4.69) is 33.9 Å². The van der Waals surface area contributed by atoms with Gasteiger partial charge in [0.2, 0.25) is 5.09 Å². The monoisotopic (exact) mass is 316 g/mol. The van der Waals surface area contributed by atoms with Crippen LogP contribution in [-0.2, 0) is 16.6 Å². The highest BCUT2D eigenvalue weighted by atomic mass is 32.2. The number of hydrogen-bond donors (Lipinski definition) is 2. The van der Waals surface area contributed by atoms with E-state index in [1.807, 2.05) is 0 Å². The van der Waals surface area contributed by atoms with Crippen LogP contribution < -0.4 is 10.0 Å². The zero-order chi connectivity index (χ0) is 15.5. The SMILES string of the molecule is CNS(=O)(=O)c1ccc(CNCC2CN(C)CCN2C)o1. The number of piperazine rings is 1. The van der Waals surface area contributed by atoms with Gasteiger partial charge < -0.3 is 14.6 Å². The minimum absolute atomic E-state index is 0.0451. The molecule has 1 unspecified atom stereocenters. The van der Waals surface area contributed by atoms with Crippen molar-refractivity contribution in [2.45, 2.75) is 17.7 Å². The van der Waals surface area contributed by atoms with Gasteiger partial charge in [-0.2, -0.15) is 0 Å². The first kappa shape index (κ1) is 16.4. The van der Waals surface area contributed by atoms with Crippen LogP contribution in [0.5, 0.6) is 0 Å². The van der Waals surface area contributed by atoms with E-state index in [4.69, 9.17) is 4.42 Å². The van der Waals surface area contributed by atoms with Crippen molar-refractivity contribution in [2.75, 3.05) is 47.3 Å². The lowest BCUT2D eigenvalue weighted by Gasteiger charge is -2.37. The maximum Gasteiger partial charge on any atom is 0.273 e. The van der Waals surface area contributed by atoms with Crippen molar-refractivity contribution >= 4 is 10.0 Å². The third kappa shape index (κ3) is 4.27. The zero-order valence-corrected chi connectivity index (χ0v) is 13.6. The minimum atomic E-state index is -3.50. The van der Waals surface area contributed by atoms with Crippen molar-refractivity contribution in [3.8, 4) is 0 Å². The molecule has 1 aliphatic rings. The summed E-state index contributed by atoms with van der Waals surface area (Å²) in [5.41, 5.74) is 0. The fourth-order valence-electron chi connectivity index (χ4n) is 2.38. The van der Waals surface area contributed by atoms with Crippen molar-refractivity contribution < 1.29 is 12.8 Å². The first-order valence-electron chi connectivity index (χ1n) is 7.04. The van der Waals surface area contributed by atoms with E-state index in [0.717, 1.165) is 26.2 Å². The third-order valence-electron chi connectivity index (χ3n) is 3.83. The topological polar surface area (TPSA) is 77.8 Å². The van der Waals surface area contributed by atoms with Gasteiger partial charge >= 0.3 is 0 Å². The second kappa shape index (κ2) is 6.89. The molecule has 21 heavy (non-hydrogen) atoms. The summed E-state index contributed by atoms with van der Waals surface area (Å²) >= 11 is 0. The van der Waals surface area contributed by atoms with E-state index in [1.54, 1.807) is 6.07 Å². The number of sulfonamides is 1. The molecule has 0 aliphatic carbocycles. The van der Waals surface area contributed by atoms with Gasteiger partial charge in [0.15, 0.2) is 0 Å². The van der Waals surface area contributed by atoms with E-state index < -0.39 is 10.0 Å². The average molecular weight is 316 g/mol. The number of likely N-dealkylation sites (N-methyl/N-ethyl adjacent to an activating group) is 2. The van der Waals surface area contributed by atoms with Gasteiger partial charge in [-0.3, -0.25) is 4.90 Å². The van der Waals surface area contributed by atoms with Crippen LogP contribution in [0.25, 0.3) is 0 Å². The number of hydrogen-bond acceptors (Lipinski definition) is 6. The molecular formula is C13H24N4O3S. The summed E-state index contributed by atoms with van der Waals surface area (Å²) in [5.74, 6) is 0.621. The molecule has 2 rings (SSSR count). The van der Waals surface area contributed by atoms with Crippen LogP contribution in [0, 0.1) is 0 Å². The van der Waals surface area contributed by atoms with Crippen molar-refractivity contribution in [1.82, 2.24) is 19.8 Å². The average Bonchev–Trinajstić information content (AvgIpc) is 2.92. The zero-order valence-electron chi connectivity index (χ0n) is 12.8. The Bertz CT molecular complexity index is 558. The van der Waals surface area contributed by atoms with Crippen LogP contribution in [0.2, 0.25) is 0 Å². The maximum absolute atomic E-state index is 11.6. The molecule has 1 atom stereocenters. The van der Waals surface area contributed by atoms with Gasteiger partial charge in [0.05, 0.1) is 6.54 Å². The standard InChI is InChI=1S/C13H24N4O3S/c1-14-21(18,19)13-5-4-12(20-13)9-15-8-11-10-16(2)6-7-17(11)3/h4-5,11,14-15H,6-10H2,1-3H3. The molecule has 7 nitrogen and oxygen atoms in total. The number of furan rings is 1. The molecule has 1 saturated heterocycles. The second-order valence-corrected chi connectivity index (χ2v) is 7.27. The lowest BCUT2D eigenvalue weighted by Crippen LogP contribution is -2.53. The van der Waals surface area contributed by atoms with E-state index in [1.165, 1.54) is 13.1 Å². The molecule has 0 spiro atoms. The Kier molecular flexibility index (Phi) is 5.39. The quantitative estimate of drug-likeness (QED) is 0.738. The summed E-state index contributed by atoms with van der Waals surface area (Å²) in [7, 11) is 2.12. The number of nitrogens with one attached hydrogen (secondary N) is 2. The van der Waals surface area contributed by atoms with Crippen LogP contribution in [-0.4, -0.2) is 71.6 Å². The summed E-state index contributed by atoms with van der Waals surface area (Å²) in [6, 6.07) is 3.62. The molecule has 1 aromatic rings. The molecule has 0 radical (unpaired) electrons. The molecule has 1 fully saturated rings. The van der Waals surface area contributed by atoms with Gasteiger partial charge in [-0.1, -0.05) is 0 Å². The highest BCUT2D eigenvalue weighted by Gasteiger charge is 2.22. The Morgan fingerprint density at radius 3 is 2.81 bits per heavy atom. The Morgan fingerprint density at radius 2 is 2.10 bits per heavy atom. The Balaban J connectivity index is 1.84. The van der Waals surface area contributed by atoms with Gasteiger partial charge in [-0.15, -0.1) is 0 Å². The van der Waals surface area contributed by atoms with Crippen molar-refractivity contribution in [1.29, 1.82) is 0 Å². The smallest absolute Gasteiger partial charge is 0.273 e. The van der Waals surface area contributed by atoms with Crippen LogP contribution in [0.15, 0.2) is 21.6 Å². The van der Waals surface area contributed by atoms with Crippen molar-refractivity contribution in [3.63, 3.8) is 0 Å². The molecule has 2 heterocycles. The first-order chi connectivity index (χ1) is 9.92. The maximum atomic E-state index is 11.6. The lowest BCUT2D eigenvalue weighted by molar-refractivity contribution is 0.113. The molecule has 1 aliphatic heterocycles. The van der Waals surface area contributed by atoms with Gasteiger partial charge in [0.1, 0.15) is 5.76 Å². The highest BCUT2D eigenvalue weighted by Crippen LogP contribution is 2.13. The Morgan fingerprint density at radius 1 is 1.33 bits per heavy atom. The largest absolute Gasteiger partial charge is 0.447 e. The lowest BCUT2D eigenvalue weighted by atomic mass is 10.2. The third-order valence-corrected chi connectivity index (χ3v) is 5.12. The summed E-state index contributed by atoms with van der Waals surface area (Å²) < 4.78 is 30.7. The molecule has 8 heteroatoms. The predicted octanol–water partition coefficient (Wildman–Crippen LogP) is -0.477. The summed E-state index contributed by atoms with van der Waals surface area (Å²) in [4.78, 5) is 4.66. The van der Waals surface area contributed by atoms with Crippen LogP contribution in [0.3, 0.4) is 0 Å². The van der Waals surface area contributed by atoms with Crippen LogP contribution in [0.4, 0.5) is 0 Å². The molecule has 120 valence electrons. The molecule has 0 saturated carbocycles. The van der Waals surface area contributed by atoms with E-state index >= 15 is 0 Å². The summed E-state index contributed by atoms with van der Waals surface area (Å²) in [6.07, 6.45) is 0. The molecule has 0 aromatic carbocycles. The van der Waals surface area contributed by atoms with E-state index in [0.29, 0.717) is 18.3 Å². The fraction of sp³-hybridized carbons (Fsp3) is 0.692. The Hall–Kier alpha value is -0.930. The van der Waals surface area contributed by atoms with Gasteiger partial charge in [-0.05, 0) is 33.3 Å². The highest BCUT2D eigenvalue weighted by molar-refractivity contribution is 7.89. The van der Waals surface area contributed by atoms with E-state index in [-0.39, 0.29) is 5.09 Å². The second-order valence-electron chi connectivity index (χ2n) is 5.46. The number of rotatable bonds is 6. The van der Waals surface area contributed by atoms with Crippen LogP contribution in [0.1, 0.15) is 5.76 Å². The summed E-state index contributed by atoms with van der Waals surface area (Å²) in [5, 5.41) is 3.28. The van der Waals surface area contributed by atoms with Gasteiger partial charge in [0.25, 0.3) is 10.0 Å². The number of nitrogens with zero attached hydrogens (tertiary/aromatic N) is 2.